The van der Waals surface area contributed by atoms with Crippen molar-refractivity contribution in [1.29, 1.82) is 0 Å². The Hall–Kier alpha value is 0.975. The maximum absolute atomic E-state index is 9.50. The molecule has 0 aromatic carbocycles. The van der Waals surface area contributed by atoms with Crippen molar-refractivity contribution in [2.75, 3.05) is 0 Å². The number of rotatable bonds is 1. The van der Waals surface area contributed by atoms with Crippen molar-refractivity contribution in [3.63, 3.8) is 0 Å². The fourth-order valence-corrected chi connectivity index (χ4v) is 0. The van der Waals surface area contributed by atoms with E-state index >= 15 is 0 Å². The minimum atomic E-state index is -0.981. The molecule has 0 spiro atoms. The molecule has 34 valence electrons. The molecule has 0 saturated heterocycles. The van der Waals surface area contributed by atoms with E-state index in [1.54, 1.807) is 0 Å². The minimum absolute atomic E-state index is 0. The molecule has 6 heteroatoms. The molecule has 2 nitrogen and oxygen atoms in total. The van der Waals surface area contributed by atoms with Crippen LogP contribution in [0.25, 0.3) is 0 Å². The monoisotopic (exact) mass is 134 g/mol. The normalized spacial score (nSPS) is 5.50. The van der Waals surface area contributed by atoms with Crippen molar-refractivity contribution in [3.8, 4) is 0 Å². The molecule has 0 atom stereocenters. The topological polar surface area (TPSA) is 34.1 Å². The van der Waals surface area contributed by atoms with Crippen LogP contribution < -0.4 is 37.7 Å². The van der Waals surface area contributed by atoms with Gasteiger partial charge in [0.05, 0.1) is 10.2 Å². The molecule has 0 heterocycles. The fraction of sp³-hybridized carbons (Fsp3) is 0. The second-order valence-electron chi connectivity index (χ2n) is 0.575. The van der Waals surface area contributed by atoms with Gasteiger partial charge in [0.1, 0.15) is 0 Å². The van der Waals surface area contributed by atoms with Gasteiger partial charge in [-0.1, -0.05) is 0 Å². The van der Waals surface area contributed by atoms with Gasteiger partial charge in [-0.15, -0.1) is 0 Å². The summed E-state index contributed by atoms with van der Waals surface area (Å²) >= 11 is 7.62. The van der Waals surface area contributed by atoms with Crippen molar-refractivity contribution in [2.45, 2.75) is 0 Å². The maximum Gasteiger partial charge on any atom is 1.00 e. The van der Waals surface area contributed by atoms with Gasteiger partial charge in [0.25, 0.3) is 0 Å². The smallest absolute Gasteiger partial charge is 0.736 e. The van der Waals surface area contributed by atoms with Crippen molar-refractivity contribution < 1.29 is 47.3 Å². The third-order valence-corrected chi connectivity index (χ3v) is 0.667. The first-order valence-electron chi connectivity index (χ1n) is 1.07. The van der Waals surface area contributed by atoms with Gasteiger partial charge in [0, 0.05) is 0 Å². The first-order valence-corrected chi connectivity index (χ1v) is 1.88. The van der Waals surface area contributed by atoms with Crippen LogP contribution in [0.4, 0.5) is 0 Å². The predicted molar refractivity (Wildman–Crippen MR) is 24.7 cm³/mol. The fourth-order valence-electron chi connectivity index (χ4n) is 0. The third-order valence-electron chi connectivity index (χ3n) is 0.167. The van der Waals surface area contributed by atoms with Crippen molar-refractivity contribution in [1.82, 2.24) is 0 Å². The number of hydrogen-bond acceptors (Lipinski definition) is 4. The molecule has 0 saturated carbocycles. The zero-order valence-electron chi connectivity index (χ0n) is 4.63. The Kier molecular flexibility index (Phi) is 15.9. The molecule has 0 unspecified atom stereocenters. The van der Waals surface area contributed by atoms with E-state index in [1.165, 1.54) is 0 Å². The molecule has 0 rings (SSSR count). The minimum Gasteiger partial charge on any atom is -0.736 e. The van der Waals surface area contributed by atoms with Crippen LogP contribution in [0.1, 0.15) is 0 Å². The summed E-state index contributed by atoms with van der Waals surface area (Å²) in [5.74, 6) is 0. The van der Waals surface area contributed by atoms with E-state index in [0.717, 1.165) is 0 Å². The van der Waals surface area contributed by atoms with E-state index in [2.05, 4.69) is 25.3 Å². The molecular formula is C2Li2O2S2. The average molecular weight is 134 g/mol. The Balaban J connectivity index is -0.000000125. The van der Waals surface area contributed by atoms with Crippen molar-refractivity contribution in [2.24, 2.45) is 0 Å². The van der Waals surface area contributed by atoms with Crippen LogP contribution in [0.2, 0.25) is 0 Å². The third kappa shape index (κ3) is 10.1. The summed E-state index contributed by atoms with van der Waals surface area (Å²) in [7, 11) is 0. The van der Waals surface area contributed by atoms with Gasteiger partial charge < -0.3 is 34.8 Å². The number of carbonyl (C=O) groups excluding carboxylic acids is 2. The average Bonchev–Trinajstić information content (AvgIpc) is 1.36. The van der Waals surface area contributed by atoms with E-state index in [0.29, 0.717) is 0 Å². The first-order chi connectivity index (χ1) is 2.64. The van der Waals surface area contributed by atoms with Crippen LogP contribution in [0.3, 0.4) is 0 Å². The van der Waals surface area contributed by atoms with Gasteiger partial charge in [-0.05, 0) is 0 Å². The number of carbonyl (C=O) groups is 2. The summed E-state index contributed by atoms with van der Waals surface area (Å²) in [5, 5.41) is -1.96. The Morgan fingerprint density at radius 1 is 0.875 bits per heavy atom. The van der Waals surface area contributed by atoms with E-state index in [9.17, 15) is 9.59 Å². The van der Waals surface area contributed by atoms with Crippen LogP contribution in [0, 0.1) is 0 Å². The largest absolute Gasteiger partial charge is 1.00 e. The Morgan fingerprint density at radius 3 is 1.00 bits per heavy atom. The summed E-state index contributed by atoms with van der Waals surface area (Å²) in [4.78, 5) is 19.0. The molecule has 0 aromatic rings. The summed E-state index contributed by atoms with van der Waals surface area (Å²) in [6, 6.07) is 0. The molecule has 0 aliphatic heterocycles. The molecule has 0 aliphatic carbocycles. The second-order valence-corrected chi connectivity index (χ2v) is 1.32. The van der Waals surface area contributed by atoms with E-state index in [4.69, 9.17) is 0 Å². The van der Waals surface area contributed by atoms with Crippen LogP contribution in [-0.4, -0.2) is 10.2 Å². The molecule has 0 radical (unpaired) electrons. The Morgan fingerprint density at radius 2 is 1.00 bits per heavy atom. The summed E-state index contributed by atoms with van der Waals surface area (Å²) in [5.41, 5.74) is 0. The van der Waals surface area contributed by atoms with Crippen LogP contribution >= 0.6 is 0 Å². The number of hydrogen-bond donors (Lipinski definition) is 0. The van der Waals surface area contributed by atoms with Gasteiger partial charge in [0.15, 0.2) is 0 Å². The van der Waals surface area contributed by atoms with Crippen LogP contribution in [0.5, 0.6) is 0 Å². The molecule has 0 fully saturated rings. The molecule has 0 N–H and O–H groups in total. The summed E-state index contributed by atoms with van der Waals surface area (Å²) in [6.45, 7) is 0. The van der Waals surface area contributed by atoms with E-state index < -0.39 is 10.2 Å². The van der Waals surface area contributed by atoms with Gasteiger partial charge in [0.2, 0.25) is 0 Å². The molecule has 0 amide bonds. The Bertz CT molecular complexity index is 82.0. The van der Waals surface area contributed by atoms with Gasteiger partial charge >= 0.3 is 37.7 Å². The zero-order chi connectivity index (χ0) is 5.15. The quantitative estimate of drug-likeness (QED) is 0.203. The van der Waals surface area contributed by atoms with Gasteiger partial charge in [-0.3, -0.25) is 0 Å². The standard InChI is InChI=1S/C2H2O2S2.2Li/c3-1(5)2(4)6;;/h(H,3,5)(H,4,6);;/q;2*+1/p-2. The van der Waals surface area contributed by atoms with Crippen LogP contribution in [0.15, 0.2) is 0 Å². The van der Waals surface area contributed by atoms with Crippen molar-refractivity contribution in [3.05, 3.63) is 0 Å². The van der Waals surface area contributed by atoms with Gasteiger partial charge in [-0.25, -0.2) is 0 Å². The van der Waals surface area contributed by atoms with Crippen LogP contribution in [-0.2, 0) is 34.8 Å². The Labute approximate surface area is 82.3 Å². The molecular weight excluding hydrogens is 134 g/mol. The molecule has 0 aromatic heterocycles. The maximum atomic E-state index is 9.50. The van der Waals surface area contributed by atoms with E-state index in [1.807, 2.05) is 0 Å². The first kappa shape index (κ1) is 16.0. The zero-order valence-corrected chi connectivity index (χ0v) is 6.27. The van der Waals surface area contributed by atoms with E-state index in [-0.39, 0.29) is 37.7 Å². The summed E-state index contributed by atoms with van der Waals surface area (Å²) < 4.78 is 0. The SMILES string of the molecule is O=C([S-])C(=O)[S-].[Li+].[Li+]. The molecule has 8 heavy (non-hydrogen) atoms. The predicted octanol–water partition coefficient (Wildman–Crippen LogP) is -6.86. The second kappa shape index (κ2) is 7.97. The van der Waals surface area contributed by atoms with Gasteiger partial charge in [-0.2, -0.15) is 0 Å². The molecule has 0 aliphatic rings. The van der Waals surface area contributed by atoms with Crippen molar-refractivity contribution >= 4 is 35.5 Å². The summed E-state index contributed by atoms with van der Waals surface area (Å²) in [6.07, 6.45) is 0. The molecule has 0 bridgehead atoms.